The zero-order valence-corrected chi connectivity index (χ0v) is 12.8. The van der Waals surface area contributed by atoms with Crippen LogP contribution in [-0.4, -0.2) is 24.5 Å². The molecular formula is C17H18N2O4. The van der Waals surface area contributed by atoms with Crippen molar-refractivity contribution in [2.24, 2.45) is 0 Å². The van der Waals surface area contributed by atoms with Crippen LogP contribution in [-0.2, 0) is 17.6 Å². The molecule has 0 aliphatic heterocycles. The Morgan fingerprint density at radius 1 is 1.17 bits per heavy atom. The third kappa shape index (κ3) is 4.81. The van der Waals surface area contributed by atoms with E-state index in [-0.39, 0.29) is 18.0 Å². The second kappa shape index (κ2) is 7.93. The van der Waals surface area contributed by atoms with Crippen molar-refractivity contribution in [3.05, 3.63) is 69.8 Å². The number of nitrogens with one attached hydrogen (secondary N) is 1. The topological polar surface area (TPSA) is 81.5 Å². The molecule has 2 aromatic rings. The highest BCUT2D eigenvalue weighted by atomic mass is 16.6. The van der Waals surface area contributed by atoms with Crippen molar-refractivity contribution in [2.45, 2.75) is 12.8 Å². The van der Waals surface area contributed by atoms with Crippen molar-refractivity contribution >= 4 is 11.6 Å². The lowest BCUT2D eigenvalue weighted by Crippen LogP contribution is -2.27. The molecule has 0 bridgehead atoms. The zero-order chi connectivity index (χ0) is 16.7. The van der Waals surface area contributed by atoms with Crippen LogP contribution < -0.4 is 10.1 Å². The van der Waals surface area contributed by atoms with Crippen LogP contribution in [0.3, 0.4) is 0 Å². The first kappa shape index (κ1) is 16.5. The molecule has 0 aromatic heterocycles. The summed E-state index contributed by atoms with van der Waals surface area (Å²) in [4.78, 5) is 22.0. The van der Waals surface area contributed by atoms with Crippen molar-refractivity contribution in [2.75, 3.05) is 13.7 Å². The summed E-state index contributed by atoms with van der Waals surface area (Å²) in [7, 11) is 1.62. The van der Waals surface area contributed by atoms with E-state index in [0.29, 0.717) is 13.0 Å². The lowest BCUT2D eigenvalue weighted by molar-refractivity contribution is -0.384. The van der Waals surface area contributed by atoms with Crippen LogP contribution in [0.4, 0.5) is 5.69 Å². The molecule has 1 amide bonds. The zero-order valence-electron chi connectivity index (χ0n) is 12.8. The van der Waals surface area contributed by atoms with Gasteiger partial charge in [-0.05, 0) is 23.6 Å². The number of hydrogen-bond donors (Lipinski definition) is 1. The van der Waals surface area contributed by atoms with Gasteiger partial charge >= 0.3 is 0 Å². The molecular weight excluding hydrogens is 296 g/mol. The summed E-state index contributed by atoms with van der Waals surface area (Å²) in [5, 5.41) is 13.4. The third-order valence-electron chi connectivity index (χ3n) is 3.42. The number of nitro groups is 1. The van der Waals surface area contributed by atoms with Crippen LogP contribution in [0, 0.1) is 10.1 Å². The molecule has 0 atom stereocenters. The van der Waals surface area contributed by atoms with Crippen LogP contribution in [0.5, 0.6) is 5.75 Å². The van der Waals surface area contributed by atoms with Gasteiger partial charge in [0.2, 0.25) is 5.91 Å². The number of nitro benzene ring substituents is 1. The first-order valence-electron chi connectivity index (χ1n) is 7.22. The molecule has 2 rings (SSSR count). The van der Waals surface area contributed by atoms with E-state index in [2.05, 4.69) is 5.32 Å². The summed E-state index contributed by atoms with van der Waals surface area (Å²) in [6.45, 7) is 0.506. The number of benzene rings is 2. The molecule has 120 valence electrons. The quantitative estimate of drug-likeness (QED) is 0.629. The summed E-state index contributed by atoms with van der Waals surface area (Å²) < 4.78 is 5.26. The Morgan fingerprint density at radius 2 is 1.87 bits per heavy atom. The number of rotatable bonds is 7. The van der Waals surface area contributed by atoms with E-state index in [1.165, 1.54) is 12.1 Å². The highest BCUT2D eigenvalue weighted by Crippen LogP contribution is 2.17. The normalized spacial score (nSPS) is 10.1. The van der Waals surface area contributed by atoms with E-state index in [1.54, 1.807) is 19.2 Å². The van der Waals surface area contributed by atoms with Crippen LogP contribution in [0.25, 0.3) is 0 Å². The fourth-order valence-corrected chi connectivity index (χ4v) is 2.23. The molecule has 0 fully saturated rings. The van der Waals surface area contributed by atoms with Crippen LogP contribution >= 0.6 is 0 Å². The Kier molecular flexibility index (Phi) is 5.68. The van der Waals surface area contributed by atoms with Crippen molar-refractivity contribution in [3.8, 4) is 5.75 Å². The average molecular weight is 314 g/mol. The van der Waals surface area contributed by atoms with Gasteiger partial charge in [-0.1, -0.05) is 30.3 Å². The molecule has 1 N–H and O–H groups in total. The fraction of sp³-hybridized carbons (Fsp3) is 0.235. The number of non-ortho nitro benzene ring substituents is 1. The SMILES string of the molecule is COc1ccccc1CCNC(=O)Cc1ccc([N+](=O)[O-])cc1. The molecule has 0 heterocycles. The number of amides is 1. The number of ether oxygens (including phenoxy) is 1. The molecule has 0 unspecified atom stereocenters. The molecule has 2 aromatic carbocycles. The van der Waals surface area contributed by atoms with Gasteiger partial charge in [0, 0.05) is 18.7 Å². The number of carbonyl (C=O) groups is 1. The minimum atomic E-state index is -0.461. The first-order chi connectivity index (χ1) is 11.1. The monoisotopic (exact) mass is 314 g/mol. The van der Waals surface area contributed by atoms with E-state index in [9.17, 15) is 14.9 Å². The maximum atomic E-state index is 11.9. The maximum Gasteiger partial charge on any atom is 0.269 e. The summed E-state index contributed by atoms with van der Waals surface area (Å²) in [6, 6.07) is 13.7. The standard InChI is InChI=1S/C17H18N2O4/c1-23-16-5-3-2-4-14(16)10-11-18-17(20)12-13-6-8-15(9-7-13)19(21)22/h2-9H,10-12H2,1H3,(H,18,20). The number of carbonyl (C=O) groups excluding carboxylic acids is 1. The van der Waals surface area contributed by atoms with Gasteiger partial charge in [-0.15, -0.1) is 0 Å². The summed E-state index contributed by atoms with van der Waals surface area (Å²) in [5.74, 6) is 0.686. The predicted molar refractivity (Wildman–Crippen MR) is 86.5 cm³/mol. The van der Waals surface area contributed by atoms with Crippen LogP contribution in [0.1, 0.15) is 11.1 Å². The molecule has 0 aliphatic rings. The van der Waals surface area contributed by atoms with Crippen LogP contribution in [0.2, 0.25) is 0 Å². The van der Waals surface area contributed by atoms with Gasteiger partial charge in [0.1, 0.15) is 5.75 Å². The number of methoxy groups -OCH3 is 1. The van der Waals surface area contributed by atoms with E-state index >= 15 is 0 Å². The lowest BCUT2D eigenvalue weighted by atomic mass is 10.1. The predicted octanol–water partition coefficient (Wildman–Crippen LogP) is 2.50. The van der Waals surface area contributed by atoms with E-state index in [0.717, 1.165) is 16.9 Å². The molecule has 6 nitrogen and oxygen atoms in total. The van der Waals surface area contributed by atoms with Gasteiger partial charge in [0.15, 0.2) is 0 Å². The van der Waals surface area contributed by atoms with Crippen molar-refractivity contribution in [3.63, 3.8) is 0 Å². The third-order valence-corrected chi connectivity index (χ3v) is 3.42. The largest absolute Gasteiger partial charge is 0.496 e. The molecule has 0 spiro atoms. The second-order valence-corrected chi connectivity index (χ2v) is 5.01. The summed E-state index contributed by atoms with van der Waals surface area (Å²) in [6.07, 6.45) is 0.875. The van der Waals surface area contributed by atoms with Gasteiger partial charge in [0.25, 0.3) is 5.69 Å². The van der Waals surface area contributed by atoms with Crippen molar-refractivity contribution in [1.82, 2.24) is 5.32 Å². The van der Waals surface area contributed by atoms with E-state index < -0.39 is 4.92 Å². The Labute approximate surface area is 134 Å². The van der Waals surface area contributed by atoms with E-state index in [4.69, 9.17) is 4.74 Å². The molecule has 0 saturated carbocycles. The highest BCUT2D eigenvalue weighted by Gasteiger charge is 2.08. The lowest BCUT2D eigenvalue weighted by Gasteiger charge is -2.09. The van der Waals surface area contributed by atoms with Gasteiger partial charge in [-0.25, -0.2) is 0 Å². The second-order valence-electron chi connectivity index (χ2n) is 5.01. The highest BCUT2D eigenvalue weighted by molar-refractivity contribution is 5.78. The Balaban J connectivity index is 1.82. The number of hydrogen-bond acceptors (Lipinski definition) is 4. The van der Waals surface area contributed by atoms with Gasteiger partial charge in [-0.2, -0.15) is 0 Å². The molecule has 0 radical (unpaired) electrons. The number of nitrogens with zero attached hydrogens (tertiary/aromatic N) is 1. The van der Waals surface area contributed by atoms with E-state index in [1.807, 2.05) is 24.3 Å². The average Bonchev–Trinajstić information content (AvgIpc) is 2.55. The maximum absolute atomic E-state index is 11.9. The molecule has 6 heteroatoms. The smallest absolute Gasteiger partial charge is 0.269 e. The molecule has 0 aliphatic carbocycles. The fourth-order valence-electron chi connectivity index (χ4n) is 2.23. The Morgan fingerprint density at radius 3 is 2.52 bits per heavy atom. The summed E-state index contributed by atoms with van der Waals surface area (Å²) in [5.41, 5.74) is 1.79. The van der Waals surface area contributed by atoms with Gasteiger partial charge in [-0.3, -0.25) is 14.9 Å². The Hall–Kier alpha value is -2.89. The summed E-state index contributed by atoms with van der Waals surface area (Å²) >= 11 is 0. The first-order valence-corrected chi connectivity index (χ1v) is 7.22. The van der Waals surface area contributed by atoms with Crippen LogP contribution in [0.15, 0.2) is 48.5 Å². The minimum absolute atomic E-state index is 0.0188. The minimum Gasteiger partial charge on any atom is -0.496 e. The van der Waals surface area contributed by atoms with Gasteiger partial charge in [0.05, 0.1) is 18.5 Å². The van der Waals surface area contributed by atoms with Crippen molar-refractivity contribution < 1.29 is 14.5 Å². The van der Waals surface area contributed by atoms with Gasteiger partial charge < -0.3 is 10.1 Å². The molecule has 0 saturated heterocycles. The molecule has 23 heavy (non-hydrogen) atoms. The number of para-hydroxylation sites is 1. The Bertz CT molecular complexity index is 683. The van der Waals surface area contributed by atoms with Crippen molar-refractivity contribution in [1.29, 1.82) is 0 Å².